The van der Waals surface area contributed by atoms with E-state index in [0.717, 1.165) is 32.5 Å². The van der Waals surface area contributed by atoms with Gasteiger partial charge in [-0.25, -0.2) is 0 Å². The van der Waals surface area contributed by atoms with Gasteiger partial charge < -0.3 is 4.74 Å². The molecule has 0 saturated carbocycles. The Labute approximate surface area is 178 Å². The van der Waals surface area contributed by atoms with Crippen LogP contribution < -0.4 is 4.74 Å². The number of rotatable bonds is 8. The molecule has 0 N–H and O–H groups in total. The summed E-state index contributed by atoms with van der Waals surface area (Å²) < 4.78 is 8.56. The molecule has 0 saturated heterocycles. The van der Waals surface area contributed by atoms with Crippen molar-refractivity contribution in [2.24, 2.45) is 11.0 Å². The van der Waals surface area contributed by atoms with Crippen LogP contribution >= 0.6 is 27.7 Å². The molecule has 7 heteroatoms. The molecule has 0 atom stereocenters. The van der Waals surface area contributed by atoms with Crippen LogP contribution in [0.3, 0.4) is 0 Å². The third-order valence-electron chi connectivity index (χ3n) is 3.83. The van der Waals surface area contributed by atoms with Gasteiger partial charge in [0.15, 0.2) is 5.82 Å². The van der Waals surface area contributed by atoms with Gasteiger partial charge in [-0.1, -0.05) is 53.7 Å². The first-order valence-corrected chi connectivity index (χ1v) is 10.9. The van der Waals surface area contributed by atoms with Gasteiger partial charge in [0.25, 0.3) is 0 Å². The molecule has 146 valence electrons. The van der Waals surface area contributed by atoms with Crippen molar-refractivity contribution in [2.75, 3.05) is 6.61 Å². The van der Waals surface area contributed by atoms with Crippen molar-refractivity contribution < 1.29 is 4.74 Å². The first-order chi connectivity index (χ1) is 13.5. The molecule has 0 spiro atoms. The Balaban J connectivity index is 1.65. The molecule has 0 radical (unpaired) electrons. The average molecular weight is 459 g/mol. The van der Waals surface area contributed by atoms with Crippen molar-refractivity contribution in [3.05, 3.63) is 70.0 Å². The molecular weight excluding hydrogens is 436 g/mol. The predicted molar refractivity (Wildman–Crippen MR) is 118 cm³/mol. The number of nitrogens with zero attached hydrogens (tertiary/aromatic N) is 4. The van der Waals surface area contributed by atoms with Crippen molar-refractivity contribution >= 4 is 33.9 Å². The van der Waals surface area contributed by atoms with E-state index >= 15 is 0 Å². The second kappa shape index (κ2) is 9.89. The van der Waals surface area contributed by atoms with Crippen LogP contribution in [0.2, 0.25) is 0 Å². The molecule has 1 heterocycles. The molecule has 0 aliphatic rings. The number of hydrogen-bond donors (Lipinski definition) is 0. The second-order valence-corrected chi connectivity index (χ2v) is 8.63. The van der Waals surface area contributed by atoms with E-state index in [1.54, 1.807) is 16.4 Å². The monoisotopic (exact) mass is 458 g/mol. The molecule has 0 bridgehead atoms. The van der Waals surface area contributed by atoms with Crippen LogP contribution in [0.15, 0.2) is 63.3 Å². The van der Waals surface area contributed by atoms with Gasteiger partial charge in [0.05, 0.1) is 12.8 Å². The third-order valence-corrected chi connectivity index (χ3v) is 5.35. The molecule has 0 aliphatic carbocycles. The summed E-state index contributed by atoms with van der Waals surface area (Å²) in [6, 6.07) is 16.2. The normalized spacial score (nSPS) is 11.5. The summed E-state index contributed by atoms with van der Waals surface area (Å²) >= 11 is 5.07. The van der Waals surface area contributed by atoms with Crippen molar-refractivity contribution in [1.29, 1.82) is 0 Å². The first kappa shape index (κ1) is 20.6. The zero-order valence-electron chi connectivity index (χ0n) is 16.2. The number of hydrogen-bond acceptors (Lipinski definition) is 5. The molecule has 3 rings (SSSR count). The smallest absolute Gasteiger partial charge is 0.212 e. The topological polar surface area (TPSA) is 52.3 Å². The largest absolute Gasteiger partial charge is 0.493 e. The lowest BCUT2D eigenvalue weighted by Crippen LogP contribution is -2.04. The molecule has 5 nitrogen and oxygen atoms in total. The Bertz CT molecular complexity index is 921. The van der Waals surface area contributed by atoms with Gasteiger partial charge in [-0.3, -0.25) is 0 Å². The van der Waals surface area contributed by atoms with E-state index in [1.807, 2.05) is 49.5 Å². The van der Waals surface area contributed by atoms with Crippen molar-refractivity contribution in [2.45, 2.75) is 31.7 Å². The Morgan fingerprint density at radius 3 is 2.50 bits per heavy atom. The highest BCUT2D eigenvalue weighted by Gasteiger charge is 2.09. The number of ether oxygens (including phenoxy) is 1. The fraction of sp³-hybridized carbons (Fsp3) is 0.286. The average Bonchev–Trinajstić information content (AvgIpc) is 3.04. The third kappa shape index (κ3) is 5.94. The van der Waals surface area contributed by atoms with Crippen LogP contribution in [0.4, 0.5) is 0 Å². The lowest BCUT2D eigenvalue weighted by Gasteiger charge is -2.08. The molecule has 28 heavy (non-hydrogen) atoms. The molecule has 2 aromatic carbocycles. The van der Waals surface area contributed by atoms with Gasteiger partial charge in [0.2, 0.25) is 5.16 Å². The van der Waals surface area contributed by atoms with Crippen LogP contribution in [-0.2, 0) is 5.75 Å². The van der Waals surface area contributed by atoms with E-state index in [2.05, 4.69) is 57.2 Å². The van der Waals surface area contributed by atoms with Crippen molar-refractivity contribution in [3.8, 4) is 5.75 Å². The second-order valence-electron chi connectivity index (χ2n) is 6.78. The fourth-order valence-electron chi connectivity index (χ4n) is 2.33. The Hall–Kier alpha value is -2.12. The molecular formula is C21H23BrN4OS. The van der Waals surface area contributed by atoms with Gasteiger partial charge in [0, 0.05) is 10.2 Å². The highest BCUT2D eigenvalue weighted by atomic mass is 79.9. The fourth-order valence-corrected chi connectivity index (χ4v) is 3.48. The van der Waals surface area contributed by atoms with E-state index in [4.69, 9.17) is 4.74 Å². The summed E-state index contributed by atoms with van der Waals surface area (Å²) in [7, 11) is 0. The molecule has 0 aliphatic heterocycles. The number of aryl methyl sites for hydroxylation is 1. The van der Waals surface area contributed by atoms with Gasteiger partial charge in [-0.05, 0) is 60.4 Å². The van der Waals surface area contributed by atoms with E-state index < -0.39 is 0 Å². The summed E-state index contributed by atoms with van der Waals surface area (Å²) in [6.07, 6.45) is 1.81. The van der Waals surface area contributed by atoms with Crippen LogP contribution in [0.1, 0.15) is 30.8 Å². The standard InChI is InChI=1S/C21H23BrN4OS/c1-15(2)13-27-20-10-6-17(7-11-20)12-23-26-16(3)24-25-21(26)28-14-18-4-8-19(22)9-5-18/h4-12,15H,13-14H2,1-3H3/b23-12+. The maximum absolute atomic E-state index is 5.72. The Morgan fingerprint density at radius 1 is 1.11 bits per heavy atom. The maximum Gasteiger partial charge on any atom is 0.212 e. The molecule has 0 unspecified atom stereocenters. The van der Waals surface area contributed by atoms with Gasteiger partial charge >= 0.3 is 0 Å². The number of halogens is 1. The molecule has 3 aromatic rings. The van der Waals surface area contributed by atoms with Gasteiger partial charge in [0.1, 0.15) is 5.75 Å². The number of benzene rings is 2. The minimum atomic E-state index is 0.506. The van der Waals surface area contributed by atoms with Crippen LogP contribution in [0.25, 0.3) is 0 Å². The van der Waals surface area contributed by atoms with E-state index in [9.17, 15) is 0 Å². The molecule has 1 aromatic heterocycles. The van der Waals surface area contributed by atoms with Crippen LogP contribution in [0.5, 0.6) is 5.75 Å². The van der Waals surface area contributed by atoms with Crippen molar-refractivity contribution in [3.63, 3.8) is 0 Å². The SMILES string of the molecule is Cc1nnc(SCc2ccc(Br)cc2)n1/N=C/c1ccc(OCC(C)C)cc1. The van der Waals surface area contributed by atoms with Gasteiger partial charge in [-0.2, -0.15) is 9.78 Å². The molecule has 0 amide bonds. The summed E-state index contributed by atoms with van der Waals surface area (Å²) in [5.41, 5.74) is 2.22. The number of thioether (sulfide) groups is 1. The Morgan fingerprint density at radius 2 is 1.82 bits per heavy atom. The summed E-state index contributed by atoms with van der Waals surface area (Å²) in [4.78, 5) is 0. The zero-order valence-corrected chi connectivity index (χ0v) is 18.6. The lowest BCUT2D eigenvalue weighted by atomic mass is 10.2. The lowest BCUT2D eigenvalue weighted by molar-refractivity contribution is 0.271. The minimum absolute atomic E-state index is 0.506. The zero-order chi connectivity index (χ0) is 19.9. The first-order valence-electron chi connectivity index (χ1n) is 9.08. The van der Waals surface area contributed by atoms with Crippen LogP contribution in [-0.4, -0.2) is 27.7 Å². The van der Waals surface area contributed by atoms with E-state index in [0.29, 0.717) is 12.5 Å². The van der Waals surface area contributed by atoms with Gasteiger partial charge in [-0.15, -0.1) is 10.2 Å². The van der Waals surface area contributed by atoms with E-state index in [1.165, 1.54) is 5.56 Å². The Kier molecular flexibility index (Phi) is 7.28. The van der Waals surface area contributed by atoms with E-state index in [-0.39, 0.29) is 0 Å². The summed E-state index contributed by atoms with van der Waals surface area (Å²) in [6.45, 7) is 6.88. The molecule has 0 fully saturated rings. The highest BCUT2D eigenvalue weighted by molar-refractivity contribution is 9.10. The summed E-state index contributed by atoms with van der Waals surface area (Å²) in [5, 5.41) is 13.7. The minimum Gasteiger partial charge on any atom is -0.493 e. The quantitative estimate of drug-likeness (QED) is 0.327. The highest BCUT2D eigenvalue weighted by Crippen LogP contribution is 2.23. The number of aromatic nitrogens is 3. The predicted octanol–water partition coefficient (Wildman–Crippen LogP) is 5.56. The van der Waals surface area contributed by atoms with Crippen molar-refractivity contribution in [1.82, 2.24) is 14.9 Å². The van der Waals surface area contributed by atoms with Crippen LogP contribution in [0, 0.1) is 12.8 Å². The maximum atomic E-state index is 5.72. The summed E-state index contributed by atoms with van der Waals surface area (Å²) in [5.74, 6) is 2.94.